The molecule has 1 unspecified atom stereocenters. The predicted octanol–water partition coefficient (Wildman–Crippen LogP) is 2.06. The highest BCUT2D eigenvalue weighted by Gasteiger charge is 2.24. The van der Waals surface area contributed by atoms with Gasteiger partial charge in [0.25, 0.3) is 5.91 Å². The Hall–Kier alpha value is -2.43. The van der Waals surface area contributed by atoms with Gasteiger partial charge in [-0.15, -0.1) is 10.2 Å². The van der Waals surface area contributed by atoms with Crippen molar-refractivity contribution in [1.29, 1.82) is 0 Å². The molecule has 2 aromatic rings. The lowest BCUT2D eigenvalue weighted by Crippen LogP contribution is -2.35. The van der Waals surface area contributed by atoms with Gasteiger partial charge in [0, 0.05) is 17.8 Å². The fourth-order valence-electron chi connectivity index (χ4n) is 2.44. The summed E-state index contributed by atoms with van der Waals surface area (Å²) < 4.78 is 1.81. The van der Waals surface area contributed by atoms with Gasteiger partial charge < -0.3 is 4.90 Å². The largest absolute Gasteiger partial charge is 0.329 e. The normalized spacial score (nSPS) is 17.6. The van der Waals surface area contributed by atoms with Gasteiger partial charge in [0.1, 0.15) is 12.7 Å². The van der Waals surface area contributed by atoms with Crippen molar-refractivity contribution in [1.82, 2.24) is 19.7 Å². The predicted molar refractivity (Wildman–Crippen MR) is 75.6 cm³/mol. The molecule has 20 heavy (non-hydrogen) atoms. The standard InChI is InChI=1S/C15H16N4O/c1-2-13-4-3-9-19(13)15(20)12-5-7-14(8-6-12)18-10-16-17-11-18/h3-8,10-11,13H,2,9H2,1H3. The Labute approximate surface area is 117 Å². The van der Waals surface area contributed by atoms with Crippen molar-refractivity contribution in [3.63, 3.8) is 0 Å². The SMILES string of the molecule is CCC1C=CCN1C(=O)c1ccc(-n2cnnc2)cc1. The van der Waals surface area contributed by atoms with E-state index in [1.54, 1.807) is 17.2 Å². The van der Waals surface area contributed by atoms with Gasteiger partial charge in [-0.05, 0) is 30.7 Å². The third-order valence-electron chi connectivity index (χ3n) is 3.57. The Morgan fingerprint density at radius 3 is 2.60 bits per heavy atom. The molecule has 1 aliphatic heterocycles. The van der Waals surface area contributed by atoms with Crippen LogP contribution in [-0.4, -0.2) is 38.2 Å². The number of aromatic nitrogens is 3. The maximum absolute atomic E-state index is 12.5. The Kier molecular flexibility index (Phi) is 3.33. The Morgan fingerprint density at radius 1 is 1.25 bits per heavy atom. The molecule has 0 aliphatic carbocycles. The van der Waals surface area contributed by atoms with Crippen LogP contribution in [0.1, 0.15) is 23.7 Å². The molecule has 1 aromatic heterocycles. The van der Waals surface area contributed by atoms with Crippen molar-refractivity contribution < 1.29 is 4.79 Å². The fraction of sp³-hybridized carbons (Fsp3) is 0.267. The second kappa shape index (κ2) is 5.28. The monoisotopic (exact) mass is 268 g/mol. The second-order valence-electron chi connectivity index (χ2n) is 4.78. The molecule has 1 aromatic carbocycles. The number of hydrogen-bond donors (Lipinski definition) is 0. The zero-order valence-electron chi connectivity index (χ0n) is 11.3. The van der Waals surface area contributed by atoms with Gasteiger partial charge in [-0.2, -0.15) is 0 Å². The van der Waals surface area contributed by atoms with Gasteiger partial charge in [0.15, 0.2) is 0 Å². The summed E-state index contributed by atoms with van der Waals surface area (Å²) in [6.07, 6.45) is 8.37. The zero-order valence-corrected chi connectivity index (χ0v) is 11.3. The first kappa shape index (κ1) is 12.6. The Bertz CT molecular complexity index is 616. The summed E-state index contributed by atoms with van der Waals surface area (Å²) in [4.78, 5) is 14.4. The molecule has 3 rings (SSSR count). The van der Waals surface area contributed by atoms with Gasteiger partial charge >= 0.3 is 0 Å². The van der Waals surface area contributed by atoms with Crippen molar-refractivity contribution in [3.8, 4) is 5.69 Å². The molecule has 0 saturated carbocycles. The molecule has 2 heterocycles. The minimum Gasteiger partial charge on any atom is -0.329 e. The number of carbonyl (C=O) groups excluding carboxylic acids is 1. The molecule has 1 amide bonds. The first-order chi connectivity index (χ1) is 9.79. The van der Waals surface area contributed by atoms with Crippen LogP contribution in [-0.2, 0) is 0 Å². The lowest BCUT2D eigenvalue weighted by Gasteiger charge is -2.23. The molecule has 0 bridgehead atoms. The number of benzene rings is 1. The minimum atomic E-state index is 0.0807. The van der Waals surface area contributed by atoms with E-state index in [1.807, 2.05) is 29.2 Å². The molecular formula is C15H16N4O. The van der Waals surface area contributed by atoms with Crippen molar-refractivity contribution in [2.45, 2.75) is 19.4 Å². The van der Waals surface area contributed by atoms with E-state index in [4.69, 9.17) is 0 Å². The zero-order chi connectivity index (χ0) is 13.9. The number of nitrogens with zero attached hydrogens (tertiary/aromatic N) is 4. The molecule has 0 N–H and O–H groups in total. The highest BCUT2D eigenvalue weighted by molar-refractivity contribution is 5.95. The van der Waals surface area contributed by atoms with E-state index < -0.39 is 0 Å². The summed E-state index contributed by atoms with van der Waals surface area (Å²) in [6.45, 7) is 2.79. The van der Waals surface area contributed by atoms with Crippen LogP contribution in [0.25, 0.3) is 5.69 Å². The van der Waals surface area contributed by atoms with Crippen LogP contribution in [0, 0.1) is 0 Å². The average Bonchev–Trinajstić information content (AvgIpc) is 3.17. The van der Waals surface area contributed by atoms with Gasteiger partial charge in [-0.1, -0.05) is 19.1 Å². The first-order valence-electron chi connectivity index (χ1n) is 6.72. The highest BCUT2D eigenvalue weighted by atomic mass is 16.2. The highest BCUT2D eigenvalue weighted by Crippen LogP contribution is 2.18. The molecule has 0 radical (unpaired) electrons. The molecular weight excluding hydrogens is 252 g/mol. The fourth-order valence-corrected chi connectivity index (χ4v) is 2.44. The van der Waals surface area contributed by atoms with E-state index in [-0.39, 0.29) is 11.9 Å². The lowest BCUT2D eigenvalue weighted by atomic mass is 10.1. The average molecular weight is 268 g/mol. The van der Waals surface area contributed by atoms with Gasteiger partial charge in [0.2, 0.25) is 0 Å². The molecule has 5 heteroatoms. The quantitative estimate of drug-likeness (QED) is 0.801. The van der Waals surface area contributed by atoms with Crippen molar-refractivity contribution in [3.05, 3.63) is 54.6 Å². The van der Waals surface area contributed by atoms with Crippen LogP contribution < -0.4 is 0 Å². The third kappa shape index (κ3) is 2.22. The maximum atomic E-state index is 12.5. The summed E-state index contributed by atoms with van der Waals surface area (Å²) in [7, 11) is 0. The van der Waals surface area contributed by atoms with E-state index in [0.717, 1.165) is 12.1 Å². The summed E-state index contributed by atoms with van der Waals surface area (Å²) in [5, 5.41) is 7.54. The van der Waals surface area contributed by atoms with Crippen molar-refractivity contribution in [2.24, 2.45) is 0 Å². The molecule has 1 aliphatic rings. The number of carbonyl (C=O) groups is 1. The number of rotatable bonds is 3. The lowest BCUT2D eigenvalue weighted by molar-refractivity contribution is 0.0747. The van der Waals surface area contributed by atoms with E-state index in [2.05, 4.69) is 29.3 Å². The molecule has 0 saturated heterocycles. The Morgan fingerprint density at radius 2 is 1.95 bits per heavy atom. The molecule has 102 valence electrons. The van der Waals surface area contributed by atoms with Crippen LogP contribution in [0.3, 0.4) is 0 Å². The first-order valence-corrected chi connectivity index (χ1v) is 6.72. The number of hydrogen-bond acceptors (Lipinski definition) is 3. The van der Waals surface area contributed by atoms with Gasteiger partial charge in [0.05, 0.1) is 6.04 Å². The van der Waals surface area contributed by atoms with Crippen LogP contribution in [0.4, 0.5) is 0 Å². The molecule has 1 atom stereocenters. The van der Waals surface area contributed by atoms with Crippen LogP contribution in [0.2, 0.25) is 0 Å². The summed E-state index contributed by atoms with van der Waals surface area (Å²) in [5.41, 5.74) is 1.65. The summed E-state index contributed by atoms with van der Waals surface area (Å²) >= 11 is 0. The maximum Gasteiger partial charge on any atom is 0.254 e. The molecule has 0 spiro atoms. The van der Waals surface area contributed by atoms with Crippen LogP contribution in [0.15, 0.2) is 49.1 Å². The topological polar surface area (TPSA) is 51.0 Å². The Balaban J connectivity index is 1.79. The van der Waals surface area contributed by atoms with Gasteiger partial charge in [-0.3, -0.25) is 9.36 Å². The summed E-state index contributed by atoms with van der Waals surface area (Å²) in [6, 6.07) is 7.73. The van der Waals surface area contributed by atoms with Crippen molar-refractivity contribution >= 4 is 5.91 Å². The van der Waals surface area contributed by atoms with Crippen LogP contribution >= 0.6 is 0 Å². The third-order valence-corrected chi connectivity index (χ3v) is 3.57. The van der Waals surface area contributed by atoms with E-state index in [1.165, 1.54) is 0 Å². The minimum absolute atomic E-state index is 0.0807. The van der Waals surface area contributed by atoms with Crippen LogP contribution in [0.5, 0.6) is 0 Å². The smallest absolute Gasteiger partial charge is 0.254 e. The second-order valence-corrected chi connectivity index (χ2v) is 4.78. The molecule has 5 nitrogen and oxygen atoms in total. The number of amides is 1. The van der Waals surface area contributed by atoms with Gasteiger partial charge in [-0.25, -0.2) is 0 Å². The van der Waals surface area contributed by atoms with Crippen molar-refractivity contribution in [2.75, 3.05) is 6.54 Å². The van der Waals surface area contributed by atoms with E-state index >= 15 is 0 Å². The van der Waals surface area contributed by atoms with E-state index in [9.17, 15) is 4.79 Å². The van der Waals surface area contributed by atoms with E-state index in [0.29, 0.717) is 12.1 Å². The summed E-state index contributed by atoms with van der Waals surface area (Å²) in [5.74, 6) is 0.0807. The molecule has 0 fully saturated rings.